The Morgan fingerprint density at radius 3 is 3.06 bits per heavy atom. The Kier molecular flexibility index (Phi) is 3.31. The summed E-state index contributed by atoms with van der Waals surface area (Å²) in [5.74, 6) is 1.16. The molecule has 2 rings (SSSR count). The van der Waals surface area contributed by atoms with Crippen molar-refractivity contribution in [2.24, 2.45) is 0 Å². The van der Waals surface area contributed by atoms with Gasteiger partial charge in [0.1, 0.15) is 0 Å². The first-order valence-corrected chi connectivity index (χ1v) is 5.31. The molecule has 0 bridgehead atoms. The lowest BCUT2D eigenvalue weighted by Crippen LogP contribution is -2.27. The van der Waals surface area contributed by atoms with E-state index in [-0.39, 0.29) is 0 Å². The molecule has 1 N–H and O–H groups in total. The average Bonchev–Trinajstić information content (AvgIpc) is 2.85. The first-order chi connectivity index (χ1) is 7.75. The maximum absolute atomic E-state index is 5.18. The van der Waals surface area contributed by atoms with Crippen LogP contribution in [0.2, 0.25) is 0 Å². The largest absolute Gasteiger partial charge is 0.461 e. The molecule has 0 aliphatic carbocycles. The van der Waals surface area contributed by atoms with Crippen LogP contribution in [0, 0.1) is 0 Å². The molecule has 0 aromatic carbocycles. The minimum Gasteiger partial charge on any atom is -0.461 e. The van der Waals surface area contributed by atoms with Crippen molar-refractivity contribution in [2.45, 2.75) is 26.4 Å². The Hall–Kier alpha value is -1.69. The summed E-state index contributed by atoms with van der Waals surface area (Å²) in [6.45, 7) is 5.73. The van der Waals surface area contributed by atoms with Crippen LogP contribution in [0.15, 0.2) is 22.8 Å². The van der Waals surface area contributed by atoms with E-state index in [1.807, 2.05) is 6.07 Å². The third-order valence-electron chi connectivity index (χ3n) is 2.06. The van der Waals surface area contributed by atoms with Gasteiger partial charge < -0.3 is 9.73 Å². The number of nitrogens with zero attached hydrogens (tertiary/aromatic N) is 4. The molecule has 0 saturated heterocycles. The van der Waals surface area contributed by atoms with E-state index >= 15 is 0 Å². The van der Waals surface area contributed by atoms with E-state index in [9.17, 15) is 0 Å². The predicted molar refractivity (Wildman–Crippen MR) is 58.7 cm³/mol. The first kappa shape index (κ1) is 10.8. The SMILES string of the molecule is CC(C)NCCn1nnc(-c2ccco2)n1. The Balaban J connectivity index is 1.93. The van der Waals surface area contributed by atoms with Crippen molar-refractivity contribution in [1.29, 1.82) is 0 Å². The molecule has 0 fully saturated rings. The summed E-state index contributed by atoms with van der Waals surface area (Å²) in [6, 6.07) is 4.08. The Morgan fingerprint density at radius 2 is 2.38 bits per heavy atom. The fourth-order valence-electron chi connectivity index (χ4n) is 1.30. The quantitative estimate of drug-likeness (QED) is 0.813. The maximum Gasteiger partial charge on any atom is 0.240 e. The van der Waals surface area contributed by atoms with Gasteiger partial charge in [0.2, 0.25) is 5.82 Å². The van der Waals surface area contributed by atoms with Gasteiger partial charge in [-0.3, -0.25) is 0 Å². The average molecular weight is 221 g/mol. The van der Waals surface area contributed by atoms with Crippen LogP contribution in [-0.4, -0.2) is 32.8 Å². The van der Waals surface area contributed by atoms with Crippen molar-refractivity contribution in [3.05, 3.63) is 18.4 Å². The Morgan fingerprint density at radius 1 is 1.50 bits per heavy atom. The molecule has 16 heavy (non-hydrogen) atoms. The van der Waals surface area contributed by atoms with Crippen molar-refractivity contribution in [3.63, 3.8) is 0 Å². The highest BCUT2D eigenvalue weighted by molar-refractivity contribution is 5.43. The second-order valence-corrected chi connectivity index (χ2v) is 3.80. The van der Waals surface area contributed by atoms with E-state index < -0.39 is 0 Å². The van der Waals surface area contributed by atoms with Crippen molar-refractivity contribution >= 4 is 0 Å². The van der Waals surface area contributed by atoms with Crippen LogP contribution >= 0.6 is 0 Å². The molecule has 6 nitrogen and oxygen atoms in total. The maximum atomic E-state index is 5.18. The van der Waals surface area contributed by atoms with Gasteiger partial charge in [0, 0.05) is 12.6 Å². The van der Waals surface area contributed by atoms with Gasteiger partial charge in [0.15, 0.2) is 5.76 Å². The number of rotatable bonds is 5. The molecule has 2 aromatic rings. The lowest BCUT2D eigenvalue weighted by atomic mass is 10.4. The standard InChI is InChI=1S/C10H15N5O/c1-8(2)11-5-6-15-13-10(12-14-15)9-4-3-7-16-9/h3-4,7-8,11H,5-6H2,1-2H3. The summed E-state index contributed by atoms with van der Waals surface area (Å²) in [4.78, 5) is 1.56. The van der Waals surface area contributed by atoms with E-state index in [1.54, 1.807) is 17.1 Å². The zero-order valence-electron chi connectivity index (χ0n) is 9.42. The minimum atomic E-state index is 0.466. The third-order valence-corrected chi connectivity index (χ3v) is 2.06. The molecule has 0 aliphatic heterocycles. The predicted octanol–water partition coefficient (Wildman–Crippen LogP) is 0.931. The van der Waals surface area contributed by atoms with Crippen molar-refractivity contribution in [3.8, 4) is 11.6 Å². The van der Waals surface area contributed by atoms with Crippen molar-refractivity contribution < 1.29 is 4.42 Å². The number of nitrogens with one attached hydrogen (secondary N) is 1. The van der Waals surface area contributed by atoms with Crippen LogP contribution in [-0.2, 0) is 6.54 Å². The molecule has 6 heteroatoms. The zero-order chi connectivity index (χ0) is 11.4. The lowest BCUT2D eigenvalue weighted by Gasteiger charge is -2.05. The summed E-state index contributed by atoms with van der Waals surface area (Å²) in [5.41, 5.74) is 0. The molecular formula is C10H15N5O. The smallest absolute Gasteiger partial charge is 0.240 e. The van der Waals surface area contributed by atoms with Crippen LogP contribution in [0.1, 0.15) is 13.8 Å². The molecule has 0 radical (unpaired) electrons. The number of aromatic nitrogens is 4. The van der Waals surface area contributed by atoms with Crippen LogP contribution < -0.4 is 5.32 Å². The molecule has 0 amide bonds. The fourth-order valence-corrected chi connectivity index (χ4v) is 1.30. The van der Waals surface area contributed by atoms with Gasteiger partial charge in [-0.15, -0.1) is 10.2 Å². The molecule has 86 valence electrons. The Bertz CT molecular complexity index is 420. The lowest BCUT2D eigenvalue weighted by molar-refractivity contribution is 0.470. The third kappa shape index (κ3) is 2.66. The van der Waals surface area contributed by atoms with Crippen molar-refractivity contribution in [2.75, 3.05) is 6.54 Å². The molecular weight excluding hydrogens is 206 g/mol. The van der Waals surface area contributed by atoms with Crippen LogP contribution in [0.25, 0.3) is 11.6 Å². The van der Waals surface area contributed by atoms with Gasteiger partial charge in [-0.25, -0.2) is 0 Å². The van der Waals surface area contributed by atoms with Gasteiger partial charge >= 0.3 is 0 Å². The molecule has 0 unspecified atom stereocenters. The molecule has 2 aromatic heterocycles. The molecule has 2 heterocycles. The second-order valence-electron chi connectivity index (χ2n) is 3.80. The number of tetrazole rings is 1. The first-order valence-electron chi connectivity index (χ1n) is 5.31. The second kappa shape index (κ2) is 4.89. The van der Waals surface area contributed by atoms with E-state index in [2.05, 4.69) is 34.6 Å². The van der Waals surface area contributed by atoms with Crippen LogP contribution in [0.4, 0.5) is 0 Å². The topological polar surface area (TPSA) is 68.8 Å². The van der Waals surface area contributed by atoms with Gasteiger partial charge in [-0.05, 0) is 17.3 Å². The summed E-state index contributed by atoms with van der Waals surface area (Å²) in [6.07, 6.45) is 1.59. The van der Waals surface area contributed by atoms with E-state index in [4.69, 9.17) is 4.42 Å². The summed E-state index contributed by atoms with van der Waals surface area (Å²) in [5, 5.41) is 15.4. The monoisotopic (exact) mass is 221 g/mol. The highest BCUT2D eigenvalue weighted by Gasteiger charge is 2.07. The molecule has 0 atom stereocenters. The summed E-state index contributed by atoms with van der Waals surface area (Å²) in [7, 11) is 0. The van der Waals surface area contributed by atoms with Gasteiger partial charge in [0.05, 0.1) is 12.8 Å². The fraction of sp³-hybridized carbons (Fsp3) is 0.500. The Labute approximate surface area is 93.6 Å². The zero-order valence-corrected chi connectivity index (χ0v) is 9.42. The highest BCUT2D eigenvalue weighted by Crippen LogP contribution is 2.12. The number of furan rings is 1. The van der Waals surface area contributed by atoms with Gasteiger partial charge in [-0.1, -0.05) is 13.8 Å². The molecule has 0 saturated carbocycles. The van der Waals surface area contributed by atoms with E-state index in [0.717, 1.165) is 6.54 Å². The van der Waals surface area contributed by atoms with E-state index in [0.29, 0.717) is 24.2 Å². The highest BCUT2D eigenvalue weighted by atomic mass is 16.3. The normalized spacial score (nSPS) is 11.2. The summed E-state index contributed by atoms with van der Waals surface area (Å²) >= 11 is 0. The number of hydrogen-bond acceptors (Lipinski definition) is 5. The van der Waals surface area contributed by atoms with Crippen LogP contribution in [0.3, 0.4) is 0 Å². The summed E-state index contributed by atoms with van der Waals surface area (Å²) < 4.78 is 5.18. The van der Waals surface area contributed by atoms with E-state index in [1.165, 1.54) is 0 Å². The van der Waals surface area contributed by atoms with Crippen LogP contribution in [0.5, 0.6) is 0 Å². The minimum absolute atomic E-state index is 0.466. The van der Waals surface area contributed by atoms with Gasteiger partial charge in [0.25, 0.3) is 0 Å². The number of hydrogen-bond donors (Lipinski definition) is 1. The molecule has 0 aliphatic rings. The molecule has 0 spiro atoms. The van der Waals surface area contributed by atoms with Crippen molar-refractivity contribution in [1.82, 2.24) is 25.5 Å². The van der Waals surface area contributed by atoms with Gasteiger partial charge in [-0.2, -0.15) is 4.80 Å².